The Morgan fingerprint density at radius 3 is 2.55 bits per heavy atom. The van der Waals surface area contributed by atoms with E-state index in [-0.39, 0.29) is 30.5 Å². The van der Waals surface area contributed by atoms with Crippen LogP contribution in [0.25, 0.3) is 11.0 Å². The average Bonchev–Trinajstić information content (AvgIpc) is 2.74. The summed E-state index contributed by atoms with van der Waals surface area (Å²) < 4.78 is 11.8. The van der Waals surface area contributed by atoms with Crippen molar-refractivity contribution in [2.75, 3.05) is 20.1 Å². The molecule has 1 N–H and O–H groups in total. The van der Waals surface area contributed by atoms with Crippen molar-refractivity contribution < 1.29 is 19.1 Å². The van der Waals surface area contributed by atoms with E-state index in [1.807, 2.05) is 19.1 Å². The number of phenols is 1. The maximum absolute atomic E-state index is 12.6. The van der Waals surface area contributed by atoms with Crippen molar-refractivity contribution in [1.29, 1.82) is 0 Å². The second-order valence-electron chi connectivity index (χ2n) is 8.35. The van der Waals surface area contributed by atoms with Crippen LogP contribution < -0.4 is 10.4 Å². The van der Waals surface area contributed by atoms with Gasteiger partial charge in [0.05, 0.1) is 0 Å². The van der Waals surface area contributed by atoms with E-state index in [0.717, 1.165) is 48.2 Å². The number of ether oxygens (including phenoxy) is 1. The minimum atomic E-state index is -0.494. The Morgan fingerprint density at radius 2 is 1.84 bits per heavy atom. The summed E-state index contributed by atoms with van der Waals surface area (Å²) in [4.78, 5) is 27.3. The van der Waals surface area contributed by atoms with Gasteiger partial charge in [0.25, 0.3) is 0 Å². The lowest BCUT2D eigenvalue weighted by Gasteiger charge is -2.29. The lowest BCUT2D eigenvalue weighted by molar-refractivity contribution is -0.117. The summed E-state index contributed by atoms with van der Waals surface area (Å²) >= 11 is 0. The van der Waals surface area contributed by atoms with E-state index in [4.69, 9.17) is 9.15 Å². The Kier molecular flexibility index (Phi) is 6.09. The number of hydrogen-bond donors (Lipinski definition) is 1. The van der Waals surface area contributed by atoms with Gasteiger partial charge in [-0.2, -0.15) is 0 Å². The smallest absolute Gasteiger partial charge is 0.339 e. The molecule has 0 unspecified atom stereocenters. The lowest BCUT2D eigenvalue weighted by Crippen LogP contribution is -2.35. The summed E-state index contributed by atoms with van der Waals surface area (Å²) in [7, 11) is 2.11. The maximum Gasteiger partial charge on any atom is 0.339 e. The topological polar surface area (TPSA) is 80.0 Å². The fourth-order valence-electron chi connectivity index (χ4n) is 4.00. The first-order valence-electron chi connectivity index (χ1n) is 10.6. The molecule has 3 aromatic rings. The minimum absolute atomic E-state index is 0.00599. The second kappa shape index (κ2) is 8.94. The summed E-state index contributed by atoms with van der Waals surface area (Å²) in [6.45, 7) is 3.91. The number of Topliss-reactive ketones (excluding diaryl/α,β-unsaturated/α-hetero) is 1. The van der Waals surface area contributed by atoms with E-state index < -0.39 is 5.63 Å². The van der Waals surface area contributed by atoms with Gasteiger partial charge >= 0.3 is 5.63 Å². The van der Waals surface area contributed by atoms with E-state index in [2.05, 4.69) is 11.9 Å². The number of carbonyl (C=O) groups excluding carboxylic acids is 1. The Balaban J connectivity index is 1.51. The van der Waals surface area contributed by atoms with E-state index in [1.54, 1.807) is 30.3 Å². The quantitative estimate of drug-likeness (QED) is 0.612. The molecule has 1 aliphatic rings. The SMILES string of the molecule is Cc1c(OC2CCN(C)CC2)ccc2cc(CC(=O)Cc3ccc(O)cc3)c(=O)oc12. The molecule has 1 aliphatic heterocycles. The van der Waals surface area contributed by atoms with Crippen molar-refractivity contribution in [3.63, 3.8) is 0 Å². The predicted octanol–water partition coefficient (Wildman–Crippen LogP) is 3.63. The first-order chi connectivity index (χ1) is 14.9. The molecule has 0 saturated carbocycles. The number of aromatic hydroxyl groups is 1. The molecular weight excluding hydrogens is 394 g/mol. The highest BCUT2D eigenvalue weighted by Gasteiger charge is 2.20. The summed E-state index contributed by atoms with van der Waals surface area (Å²) in [5, 5.41) is 10.1. The van der Waals surface area contributed by atoms with Crippen LogP contribution in [0.15, 0.2) is 51.7 Å². The van der Waals surface area contributed by atoms with Crippen LogP contribution in [0.5, 0.6) is 11.5 Å². The summed E-state index contributed by atoms with van der Waals surface area (Å²) in [5.74, 6) is 0.804. The monoisotopic (exact) mass is 421 g/mol. The Morgan fingerprint density at radius 1 is 1.13 bits per heavy atom. The zero-order valence-corrected chi connectivity index (χ0v) is 17.9. The molecule has 2 heterocycles. The highest BCUT2D eigenvalue weighted by Crippen LogP contribution is 2.29. The lowest BCUT2D eigenvalue weighted by atomic mass is 10.0. The number of aryl methyl sites for hydroxylation is 1. The van der Waals surface area contributed by atoms with Crippen molar-refractivity contribution >= 4 is 16.8 Å². The van der Waals surface area contributed by atoms with Crippen molar-refractivity contribution in [1.82, 2.24) is 4.90 Å². The number of fused-ring (bicyclic) bond motifs is 1. The number of nitrogens with zero attached hydrogens (tertiary/aromatic N) is 1. The largest absolute Gasteiger partial charge is 0.508 e. The standard InChI is InChI=1S/C25H27NO5/c1-16-23(30-22-9-11-26(2)12-10-22)8-5-18-14-19(25(29)31-24(16)18)15-21(28)13-17-3-6-20(27)7-4-17/h3-8,14,22,27H,9-13,15H2,1-2H3. The number of ketones is 1. The first-order valence-corrected chi connectivity index (χ1v) is 10.6. The van der Waals surface area contributed by atoms with E-state index >= 15 is 0 Å². The number of likely N-dealkylation sites (tertiary alicyclic amines) is 1. The fraction of sp³-hybridized carbons (Fsp3) is 0.360. The van der Waals surface area contributed by atoms with E-state index in [9.17, 15) is 14.7 Å². The van der Waals surface area contributed by atoms with Crippen LogP contribution in [-0.2, 0) is 17.6 Å². The van der Waals surface area contributed by atoms with Crippen molar-refractivity contribution in [3.05, 3.63) is 69.6 Å². The number of benzene rings is 2. The Labute approximate surface area is 181 Å². The Hall–Kier alpha value is -3.12. The van der Waals surface area contributed by atoms with Crippen molar-refractivity contribution in [3.8, 4) is 11.5 Å². The number of rotatable bonds is 6. The highest BCUT2D eigenvalue weighted by molar-refractivity contribution is 5.86. The van der Waals surface area contributed by atoms with E-state index in [1.165, 1.54) is 0 Å². The fourth-order valence-corrected chi connectivity index (χ4v) is 4.00. The van der Waals surface area contributed by atoms with E-state index in [0.29, 0.717) is 11.1 Å². The van der Waals surface area contributed by atoms with Gasteiger partial charge in [-0.15, -0.1) is 0 Å². The second-order valence-corrected chi connectivity index (χ2v) is 8.35. The number of hydrogen-bond acceptors (Lipinski definition) is 6. The van der Waals surface area contributed by atoms with Gasteiger partial charge in [0.1, 0.15) is 29.0 Å². The number of piperidine rings is 1. The predicted molar refractivity (Wildman–Crippen MR) is 119 cm³/mol. The van der Waals surface area contributed by atoms with Crippen molar-refractivity contribution in [2.24, 2.45) is 0 Å². The molecule has 1 saturated heterocycles. The van der Waals surface area contributed by atoms with Crippen molar-refractivity contribution in [2.45, 2.75) is 38.7 Å². The summed E-state index contributed by atoms with van der Waals surface area (Å²) in [6, 6.07) is 12.0. The van der Waals surface area contributed by atoms with Gasteiger partial charge in [0.2, 0.25) is 0 Å². The molecule has 0 amide bonds. The average molecular weight is 421 g/mol. The molecule has 0 atom stereocenters. The van der Waals surface area contributed by atoms with Crippen LogP contribution in [0.3, 0.4) is 0 Å². The van der Waals surface area contributed by atoms with Crippen LogP contribution in [0.2, 0.25) is 0 Å². The molecule has 0 spiro atoms. The third kappa shape index (κ3) is 4.97. The zero-order chi connectivity index (χ0) is 22.0. The summed E-state index contributed by atoms with van der Waals surface area (Å²) in [5.41, 5.74) is 1.95. The molecule has 1 fully saturated rings. The molecule has 162 valence electrons. The molecule has 4 rings (SSSR count). The van der Waals surface area contributed by atoms with Crippen LogP contribution in [0, 0.1) is 6.92 Å². The van der Waals surface area contributed by atoms with Gasteiger partial charge in [0.15, 0.2) is 0 Å². The molecular formula is C25H27NO5. The molecule has 1 aromatic heterocycles. The molecule has 0 bridgehead atoms. The van der Waals surface area contributed by atoms with Gasteiger partial charge in [-0.05, 0) is 62.7 Å². The highest BCUT2D eigenvalue weighted by atomic mass is 16.5. The van der Waals surface area contributed by atoms with Gasteiger partial charge in [0, 0.05) is 42.4 Å². The molecule has 31 heavy (non-hydrogen) atoms. The molecule has 6 nitrogen and oxygen atoms in total. The molecule has 6 heteroatoms. The van der Waals surface area contributed by atoms with Crippen LogP contribution >= 0.6 is 0 Å². The number of carbonyl (C=O) groups is 1. The normalized spacial score (nSPS) is 15.3. The third-order valence-corrected chi connectivity index (χ3v) is 5.86. The Bertz CT molecular complexity index is 1140. The number of phenolic OH excluding ortho intramolecular Hbond substituents is 1. The zero-order valence-electron chi connectivity index (χ0n) is 17.9. The van der Waals surface area contributed by atoms with Gasteiger partial charge in [-0.1, -0.05) is 12.1 Å². The molecule has 0 aliphatic carbocycles. The molecule has 0 radical (unpaired) electrons. The van der Waals surface area contributed by atoms with Gasteiger partial charge in [-0.3, -0.25) is 4.79 Å². The van der Waals surface area contributed by atoms with Gasteiger partial charge < -0.3 is 19.2 Å². The van der Waals surface area contributed by atoms with Gasteiger partial charge in [-0.25, -0.2) is 4.79 Å². The maximum atomic E-state index is 12.6. The van der Waals surface area contributed by atoms with Crippen LogP contribution in [0.1, 0.15) is 29.5 Å². The first kappa shape index (κ1) is 21.1. The third-order valence-electron chi connectivity index (χ3n) is 5.86. The van der Waals surface area contributed by atoms with Crippen LogP contribution in [0.4, 0.5) is 0 Å². The summed E-state index contributed by atoms with van der Waals surface area (Å²) in [6.07, 6.45) is 2.31. The van der Waals surface area contributed by atoms with Crippen LogP contribution in [-0.4, -0.2) is 42.0 Å². The molecule has 2 aromatic carbocycles. The minimum Gasteiger partial charge on any atom is -0.508 e.